The predicted molar refractivity (Wildman–Crippen MR) is 66.8 cm³/mol. The quantitative estimate of drug-likeness (QED) is 0.817. The standard InChI is InChI=1S/C11H16N2O3S/c1-16-11-4-2-9(3-5-11)13-17(14,15)8-10-6-7-12-10/h2-5,10,12-13H,6-8H2,1H3. The number of hydrogen-bond acceptors (Lipinski definition) is 4. The van der Waals surface area contributed by atoms with E-state index in [9.17, 15) is 8.42 Å². The first-order valence-electron chi connectivity index (χ1n) is 5.47. The van der Waals surface area contributed by atoms with Crippen molar-refractivity contribution in [1.29, 1.82) is 0 Å². The molecule has 6 heteroatoms. The van der Waals surface area contributed by atoms with Crippen LogP contribution in [0.2, 0.25) is 0 Å². The van der Waals surface area contributed by atoms with Gasteiger partial charge < -0.3 is 10.1 Å². The van der Waals surface area contributed by atoms with E-state index in [4.69, 9.17) is 4.74 Å². The molecular formula is C11H16N2O3S. The number of methoxy groups -OCH3 is 1. The fraction of sp³-hybridized carbons (Fsp3) is 0.455. The van der Waals surface area contributed by atoms with Gasteiger partial charge in [-0.2, -0.15) is 0 Å². The maximum atomic E-state index is 11.8. The van der Waals surface area contributed by atoms with E-state index in [1.54, 1.807) is 31.4 Å². The summed E-state index contributed by atoms with van der Waals surface area (Å²) >= 11 is 0. The van der Waals surface area contributed by atoms with Crippen molar-refractivity contribution in [3.05, 3.63) is 24.3 Å². The summed E-state index contributed by atoms with van der Waals surface area (Å²) in [6.07, 6.45) is 0.920. The van der Waals surface area contributed by atoms with Crippen LogP contribution in [0.3, 0.4) is 0 Å². The predicted octanol–water partition coefficient (Wildman–Crippen LogP) is 0.799. The monoisotopic (exact) mass is 256 g/mol. The molecule has 0 spiro atoms. The lowest BCUT2D eigenvalue weighted by Gasteiger charge is -2.27. The molecule has 0 aliphatic carbocycles. The normalized spacial score (nSPS) is 19.5. The topological polar surface area (TPSA) is 67.4 Å². The molecule has 1 unspecified atom stereocenters. The second-order valence-corrected chi connectivity index (χ2v) is 5.82. The van der Waals surface area contributed by atoms with Crippen LogP contribution in [0.25, 0.3) is 0 Å². The Bertz CT molecular complexity index is 466. The van der Waals surface area contributed by atoms with Gasteiger partial charge in [-0.15, -0.1) is 0 Å². The summed E-state index contributed by atoms with van der Waals surface area (Å²) in [6.45, 7) is 0.905. The first kappa shape index (κ1) is 12.2. The number of hydrogen-bond donors (Lipinski definition) is 2. The minimum Gasteiger partial charge on any atom is -0.497 e. The molecule has 1 aromatic rings. The van der Waals surface area contributed by atoms with Gasteiger partial charge in [-0.05, 0) is 37.2 Å². The molecule has 17 heavy (non-hydrogen) atoms. The largest absolute Gasteiger partial charge is 0.497 e. The number of benzene rings is 1. The van der Waals surface area contributed by atoms with Gasteiger partial charge in [0.1, 0.15) is 5.75 Å². The molecule has 1 saturated heterocycles. The van der Waals surface area contributed by atoms with Crippen LogP contribution in [0, 0.1) is 0 Å². The lowest BCUT2D eigenvalue weighted by molar-refractivity contribution is 0.399. The zero-order valence-electron chi connectivity index (χ0n) is 9.64. The van der Waals surface area contributed by atoms with Gasteiger partial charge in [-0.25, -0.2) is 8.42 Å². The maximum absolute atomic E-state index is 11.8. The molecule has 1 atom stereocenters. The summed E-state index contributed by atoms with van der Waals surface area (Å²) < 4.78 is 31.1. The molecule has 2 rings (SSSR count). The molecule has 1 fully saturated rings. The molecule has 0 bridgehead atoms. The molecule has 5 nitrogen and oxygen atoms in total. The Kier molecular flexibility index (Phi) is 3.54. The van der Waals surface area contributed by atoms with E-state index in [0.29, 0.717) is 11.4 Å². The molecule has 1 aliphatic heterocycles. The average molecular weight is 256 g/mol. The van der Waals surface area contributed by atoms with Crippen molar-refractivity contribution in [2.45, 2.75) is 12.5 Å². The SMILES string of the molecule is COc1ccc(NS(=O)(=O)CC2CCN2)cc1. The number of anilines is 1. The molecule has 1 aliphatic rings. The number of rotatable bonds is 5. The third-order valence-corrected chi connectivity index (χ3v) is 4.10. The smallest absolute Gasteiger partial charge is 0.234 e. The van der Waals surface area contributed by atoms with Crippen LogP contribution in [0.5, 0.6) is 5.75 Å². The Morgan fingerprint density at radius 2 is 2.06 bits per heavy atom. The summed E-state index contributed by atoms with van der Waals surface area (Å²) in [5.41, 5.74) is 0.560. The van der Waals surface area contributed by atoms with Gasteiger partial charge >= 0.3 is 0 Å². The fourth-order valence-electron chi connectivity index (χ4n) is 1.64. The van der Waals surface area contributed by atoms with E-state index in [2.05, 4.69) is 10.0 Å². The van der Waals surface area contributed by atoms with E-state index >= 15 is 0 Å². The number of ether oxygens (including phenoxy) is 1. The highest BCUT2D eigenvalue weighted by atomic mass is 32.2. The van der Waals surface area contributed by atoms with E-state index in [1.165, 1.54) is 0 Å². The number of nitrogens with one attached hydrogen (secondary N) is 2. The van der Waals surface area contributed by atoms with Crippen LogP contribution in [0.1, 0.15) is 6.42 Å². The Morgan fingerprint density at radius 3 is 2.53 bits per heavy atom. The highest BCUT2D eigenvalue weighted by molar-refractivity contribution is 7.92. The highest BCUT2D eigenvalue weighted by Gasteiger charge is 2.23. The minimum atomic E-state index is -3.27. The minimum absolute atomic E-state index is 0.0887. The van der Waals surface area contributed by atoms with E-state index < -0.39 is 10.0 Å². The van der Waals surface area contributed by atoms with Crippen LogP contribution in [0.4, 0.5) is 5.69 Å². The Morgan fingerprint density at radius 1 is 1.41 bits per heavy atom. The molecular weight excluding hydrogens is 240 g/mol. The average Bonchev–Trinajstić information content (AvgIpc) is 2.24. The third kappa shape index (κ3) is 3.34. The van der Waals surface area contributed by atoms with Gasteiger partial charge in [0, 0.05) is 11.7 Å². The van der Waals surface area contributed by atoms with E-state index in [-0.39, 0.29) is 11.8 Å². The molecule has 1 aromatic carbocycles. The van der Waals surface area contributed by atoms with Crippen LogP contribution in [-0.4, -0.2) is 33.9 Å². The number of sulfonamides is 1. The lowest BCUT2D eigenvalue weighted by Crippen LogP contribution is -2.48. The molecule has 1 heterocycles. The Labute approximate surface area is 101 Å². The summed E-state index contributed by atoms with van der Waals surface area (Å²) in [5, 5.41) is 3.07. The van der Waals surface area contributed by atoms with Gasteiger partial charge in [-0.3, -0.25) is 4.72 Å². The van der Waals surface area contributed by atoms with E-state index in [0.717, 1.165) is 13.0 Å². The lowest BCUT2D eigenvalue weighted by atomic mass is 10.1. The first-order chi connectivity index (χ1) is 8.09. The van der Waals surface area contributed by atoms with Crippen molar-refractivity contribution in [2.75, 3.05) is 24.1 Å². The summed E-state index contributed by atoms with van der Waals surface area (Å²) in [7, 11) is -1.70. The van der Waals surface area contributed by atoms with Crippen molar-refractivity contribution in [1.82, 2.24) is 5.32 Å². The van der Waals surface area contributed by atoms with Crippen LogP contribution >= 0.6 is 0 Å². The zero-order valence-corrected chi connectivity index (χ0v) is 10.5. The van der Waals surface area contributed by atoms with Crippen LogP contribution in [0.15, 0.2) is 24.3 Å². The van der Waals surface area contributed by atoms with Crippen LogP contribution < -0.4 is 14.8 Å². The van der Waals surface area contributed by atoms with Gasteiger partial charge in [0.25, 0.3) is 0 Å². The van der Waals surface area contributed by atoms with Crippen molar-refractivity contribution >= 4 is 15.7 Å². The van der Waals surface area contributed by atoms with Gasteiger partial charge in [0.05, 0.1) is 12.9 Å². The molecule has 0 saturated carbocycles. The van der Waals surface area contributed by atoms with Crippen molar-refractivity contribution in [3.63, 3.8) is 0 Å². The van der Waals surface area contributed by atoms with Crippen molar-refractivity contribution in [3.8, 4) is 5.75 Å². The van der Waals surface area contributed by atoms with Crippen LogP contribution in [-0.2, 0) is 10.0 Å². The molecule has 0 radical (unpaired) electrons. The van der Waals surface area contributed by atoms with Gasteiger partial charge in [-0.1, -0.05) is 0 Å². The Hall–Kier alpha value is -1.27. The fourth-order valence-corrected chi connectivity index (χ4v) is 3.03. The summed E-state index contributed by atoms with van der Waals surface area (Å²) in [4.78, 5) is 0. The highest BCUT2D eigenvalue weighted by Crippen LogP contribution is 2.17. The summed E-state index contributed by atoms with van der Waals surface area (Å²) in [6, 6.07) is 6.90. The first-order valence-corrected chi connectivity index (χ1v) is 7.12. The van der Waals surface area contributed by atoms with E-state index in [1.807, 2.05) is 0 Å². The molecule has 94 valence electrons. The van der Waals surface area contributed by atoms with Gasteiger partial charge in [0.15, 0.2) is 0 Å². The maximum Gasteiger partial charge on any atom is 0.234 e. The second-order valence-electron chi connectivity index (χ2n) is 4.05. The van der Waals surface area contributed by atoms with Crippen molar-refractivity contribution < 1.29 is 13.2 Å². The Balaban J connectivity index is 1.98. The third-order valence-electron chi connectivity index (χ3n) is 2.71. The zero-order chi connectivity index (χ0) is 12.3. The molecule has 0 aromatic heterocycles. The van der Waals surface area contributed by atoms with Crippen molar-refractivity contribution in [2.24, 2.45) is 0 Å². The second kappa shape index (κ2) is 4.93. The summed E-state index contributed by atoms with van der Waals surface area (Å²) in [5.74, 6) is 0.826. The van der Waals surface area contributed by atoms with Gasteiger partial charge in [0.2, 0.25) is 10.0 Å². The molecule has 0 amide bonds. The molecule has 2 N–H and O–H groups in total.